The smallest absolute Gasteiger partial charge is 0.100 e. The van der Waals surface area contributed by atoms with E-state index in [4.69, 9.17) is 5.26 Å². The maximum absolute atomic E-state index is 9.07. The third-order valence-corrected chi connectivity index (χ3v) is 4.51. The highest BCUT2D eigenvalue weighted by molar-refractivity contribution is 7.99. The summed E-state index contributed by atoms with van der Waals surface area (Å²) in [5, 5.41) is 9.07. The maximum atomic E-state index is 9.07. The molecule has 0 N–H and O–H groups in total. The van der Waals surface area contributed by atoms with Crippen LogP contribution in [-0.4, -0.2) is 5.75 Å². The van der Waals surface area contributed by atoms with Gasteiger partial charge in [-0.2, -0.15) is 5.26 Å². The molecule has 0 bridgehead atoms. The molecule has 0 spiro atoms. The third-order valence-electron chi connectivity index (χ3n) is 3.20. The van der Waals surface area contributed by atoms with Crippen LogP contribution in [0.15, 0.2) is 23.1 Å². The molecule has 84 valence electrons. The van der Waals surface area contributed by atoms with Gasteiger partial charge in [0.25, 0.3) is 0 Å². The second kappa shape index (κ2) is 5.41. The van der Waals surface area contributed by atoms with Gasteiger partial charge in [-0.05, 0) is 43.4 Å². The molecule has 1 fully saturated rings. The zero-order valence-electron chi connectivity index (χ0n) is 9.70. The van der Waals surface area contributed by atoms with Gasteiger partial charge in [0.1, 0.15) is 6.07 Å². The minimum Gasteiger partial charge on any atom is -0.192 e. The molecule has 0 aliphatic heterocycles. The van der Waals surface area contributed by atoms with Crippen LogP contribution < -0.4 is 0 Å². The van der Waals surface area contributed by atoms with Crippen LogP contribution in [0.1, 0.15) is 36.8 Å². The lowest BCUT2D eigenvalue weighted by molar-refractivity contribution is 0.623. The van der Waals surface area contributed by atoms with Gasteiger partial charge in [0.2, 0.25) is 0 Å². The van der Waals surface area contributed by atoms with Crippen molar-refractivity contribution in [2.45, 2.75) is 37.5 Å². The third kappa shape index (κ3) is 2.80. The topological polar surface area (TPSA) is 23.8 Å². The van der Waals surface area contributed by atoms with Crippen molar-refractivity contribution in [3.63, 3.8) is 0 Å². The van der Waals surface area contributed by atoms with Gasteiger partial charge in [0.05, 0.1) is 5.56 Å². The second-order valence-corrected chi connectivity index (χ2v) is 5.63. The van der Waals surface area contributed by atoms with Gasteiger partial charge < -0.3 is 0 Å². The van der Waals surface area contributed by atoms with Crippen LogP contribution >= 0.6 is 11.8 Å². The molecule has 1 aromatic carbocycles. The van der Waals surface area contributed by atoms with Crippen molar-refractivity contribution in [3.8, 4) is 6.07 Å². The molecular formula is C14H17NS. The fourth-order valence-corrected chi connectivity index (χ4v) is 3.41. The molecule has 1 aliphatic carbocycles. The van der Waals surface area contributed by atoms with E-state index in [1.54, 1.807) is 0 Å². The van der Waals surface area contributed by atoms with E-state index in [0.29, 0.717) is 0 Å². The van der Waals surface area contributed by atoms with Crippen LogP contribution in [0.2, 0.25) is 0 Å². The van der Waals surface area contributed by atoms with Crippen molar-refractivity contribution in [1.29, 1.82) is 5.26 Å². The Kier molecular flexibility index (Phi) is 3.90. The number of thioether (sulfide) groups is 1. The summed E-state index contributed by atoms with van der Waals surface area (Å²) in [5.41, 5.74) is 2.00. The van der Waals surface area contributed by atoms with Crippen molar-refractivity contribution < 1.29 is 0 Å². The molecule has 2 rings (SSSR count). The Hall–Kier alpha value is -0.940. The quantitative estimate of drug-likeness (QED) is 0.730. The lowest BCUT2D eigenvalue weighted by Gasteiger charge is -2.09. The molecule has 1 aliphatic rings. The van der Waals surface area contributed by atoms with Crippen molar-refractivity contribution in [2.24, 2.45) is 5.92 Å². The molecule has 0 aromatic heterocycles. The van der Waals surface area contributed by atoms with E-state index in [0.717, 1.165) is 16.4 Å². The van der Waals surface area contributed by atoms with Gasteiger partial charge in [-0.15, -0.1) is 11.8 Å². The summed E-state index contributed by atoms with van der Waals surface area (Å²) in [6.45, 7) is 2.03. The molecule has 0 saturated heterocycles. The highest BCUT2D eigenvalue weighted by Gasteiger charge is 2.15. The molecule has 0 unspecified atom stereocenters. The molecule has 1 saturated carbocycles. The Morgan fingerprint density at radius 1 is 1.38 bits per heavy atom. The van der Waals surface area contributed by atoms with Crippen LogP contribution in [0, 0.1) is 24.2 Å². The highest BCUT2D eigenvalue weighted by atomic mass is 32.2. The molecule has 1 nitrogen and oxygen atoms in total. The number of aryl methyl sites for hydroxylation is 1. The Balaban J connectivity index is 2.00. The molecule has 16 heavy (non-hydrogen) atoms. The highest BCUT2D eigenvalue weighted by Crippen LogP contribution is 2.32. The number of hydrogen-bond acceptors (Lipinski definition) is 2. The van der Waals surface area contributed by atoms with Gasteiger partial charge in [-0.1, -0.05) is 18.9 Å². The average molecular weight is 231 g/mol. The predicted molar refractivity (Wildman–Crippen MR) is 68.6 cm³/mol. The fourth-order valence-electron chi connectivity index (χ4n) is 2.24. The van der Waals surface area contributed by atoms with E-state index < -0.39 is 0 Å². The zero-order chi connectivity index (χ0) is 11.4. The average Bonchev–Trinajstić information content (AvgIpc) is 2.80. The summed E-state index contributed by atoms with van der Waals surface area (Å²) < 4.78 is 0. The minimum absolute atomic E-state index is 0.836. The first kappa shape index (κ1) is 11.5. The standard InChI is InChI=1S/C14H17NS/c1-11-6-7-14(13(8-11)9-15)16-10-12-4-2-3-5-12/h6-8,12H,2-5,10H2,1H3. The summed E-state index contributed by atoms with van der Waals surface area (Å²) in [6, 6.07) is 8.46. The second-order valence-electron chi connectivity index (χ2n) is 4.57. The lowest BCUT2D eigenvalue weighted by Crippen LogP contribution is -1.97. The summed E-state index contributed by atoms with van der Waals surface area (Å²) in [7, 11) is 0. The molecule has 1 aromatic rings. The van der Waals surface area contributed by atoms with E-state index in [2.05, 4.69) is 18.2 Å². The first-order chi connectivity index (χ1) is 7.79. The summed E-state index contributed by atoms with van der Waals surface area (Å²) >= 11 is 1.86. The number of hydrogen-bond donors (Lipinski definition) is 0. The number of nitrogens with zero attached hydrogens (tertiary/aromatic N) is 1. The lowest BCUT2D eigenvalue weighted by atomic mass is 10.1. The number of rotatable bonds is 3. The van der Waals surface area contributed by atoms with Crippen molar-refractivity contribution in [3.05, 3.63) is 29.3 Å². The molecule has 0 radical (unpaired) electrons. The van der Waals surface area contributed by atoms with E-state index in [1.165, 1.54) is 37.0 Å². The maximum Gasteiger partial charge on any atom is 0.100 e. The minimum atomic E-state index is 0.836. The zero-order valence-corrected chi connectivity index (χ0v) is 10.5. The van der Waals surface area contributed by atoms with Crippen molar-refractivity contribution >= 4 is 11.8 Å². The fraction of sp³-hybridized carbons (Fsp3) is 0.500. The first-order valence-electron chi connectivity index (χ1n) is 5.93. The van der Waals surface area contributed by atoms with Crippen LogP contribution in [0.5, 0.6) is 0 Å². The first-order valence-corrected chi connectivity index (χ1v) is 6.91. The summed E-state index contributed by atoms with van der Waals surface area (Å²) in [6.07, 6.45) is 5.54. The Morgan fingerprint density at radius 3 is 2.81 bits per heavy atom. The van der Waals surface area contributed by atoms with E-state index in [-0.39, 0.29) is 0 Å². The largest absolute Gasteiger partial charge is 0.192 e. The predicted octanol–water partition coefficient (Wildman–Crippen LogP) is 4.15. The Labute approximate surface area is 102 Å². The Bertz CT molecular complexity index is 400. The van der Waals surface area contributed by atoms with Crippen LogP contribution in [-0.2, 0) is 0 Å². The molecule has 0 amide bonds. The molecule has 0 heterocycles. The van der Waals surface area contributed by atoms with Gasteiger partial charge in [0, 0.05) is 10.6 Å². The monoisotopic (exact) mass is 231 g/mol. The van der Waals surface area contributed by atoms with Crippen LogP contribution in [0.3, 0.4) is 0 Å². The van der Waals surface area contributed by atoms with Crippen molar-refractivity contribution in [1.82, 2.24) is 0 Å². The summed E-state index contributed by atoms with van der Waals surface area (Å²) in [4.78, 5) is 1.15. The Morgan fingerprint density at radius 2 is 2.12 bits per heavy atom. The van der Waals surface area contributed by atoms with Gasteiger partial charge in [0.15, 0.2) is 0 Å². The molecule has 0 atom stereocenters. The SMILES string of the molecule is Cc1ccc(SCC2CCCC2)c(C#N)c1. The van der Waals surface area contributed by atoms with Crippen LogP contribution in [0.4, 0.5) is 0 Å². The van der Waals surface area contributed by atoms with E-state index in [1.807, 2.05) is 24.8 Å². The van der Waals surface area contributed by atoms with E-state index in [9.17, 15) is 0 Å². The van der Waals surface area contributed by atoms with E-state index >= 15 is 0 Å². The number of benzene rings is 1. The normalized spacial score (nSPS) is 16.2. The number of nitriles is 1. The summed E-state index contributed by atoms with van der Waals surface area (Å²) in [5.74, 6) is 2.05. The van der Waals surface area contributed by atoms with Gasteiger partial charge in [-0.3, -0.25) is 0 Å². The van der Waals surface area contributed by atoms with Crippen molar-refractivity contribution in [2.75, 3.05) is 5.75 Å². The van der Waals surface area contributed by atoms with Gasteiger partial charge in [-0.25, -0.2) is 0 Å². The molecular weight excluding hydrogens is 214 g/mol. The molecule has 2 heteroatoms. The van der Waals surface area contributed by atoms with Crippen LogP contribution in [0.25, 0.3) is 0 Å². The van der Waals surface area contributed by atoms with Gasteiger partial charge >= 0.3 is 0 Å².